The molecule has 1 amide bonds. The zero-order valence-electron chi connectivity index (χ0n) is 22.0. The van der Waals surface area contributed by atoms with Gasteiger partial charge in [0.25, 0.3) is 0 Å². The van der Waals surface area contributed by atoms with Crippen molar-refractivity contribution in [3.63, 3.8) is 0 Å². The first-order valence-electron chi connectivity index (χ1n) is 13.3. The number of hydrogen-bond acceptors (Lipinski definition) is 4. The number of carbonyl (C=O) groups excluding carboxylic acids is 1. The number of benzene rings is 2. The quantitative estimate of drug-likeness (QED) is 0.159. The molecule has 1 unspecified atom stereocenters. The van der Waals surface area contributed by atoms with Crippen LogP contribution in [0.3, 0.4) is 0 Å². The summed E-state index contributed by atoms with van der Waals surface area (Å²) in [5, 5.41) is 0. The Morgan fingerprint density at radius 1 is 0.917 bits per heavy atom. The van der Waals surface area contributed by atoms with Gasteiger partial charge in [0.05, 0.1) is 0 Å². The summed E-state index contributed by atoms with van der Waals surface area (Å²) in [7, 11) is -4.09. The summed E-state index contributed by atoms with van der Waals surface area (Å²) in [4.78, 5) is 14.8. The average Bonchev–Trinajstić information content (AvgIpc) is 2.86. The van der Waals surface area contributed by atoms with Gasteiger partial charge in [-0.1, -0.05) is 77.3 Å². The molecule has 7 heteroatoms. The summed E-state index contributed by atoms with van der Waals surface area (Å²) in [5.74, 6) is -0.238. The van der Waals surface area contributed by atoms with E-state index in [9.17, 15) is 17.6 Å². The molecule has 1 atom stereocenters. The first-order valence-corrected chi connectivity index (χ1v) is 14.8. The minimum absolute atomic E-state index is 0.0728. The Balaban J connectivity index is 1.92. The van der Waals surface area contributed by atoms with Gasteiger partial charge in [-0.15, -0.1) is 0 Å². The summed E-state index contributed by atoms with van der Waals surface area (Å²) in [6, 6.07) is 11.3. The van der Waals surface area contributed by atoms with E-state index in [1.165, 1.54) is 57.1 Å². The molecule has 0 bridgehead atoms. The predicted octanol–water partition coefficient (Wildman–Crippen LogP) is 7.64. The first kappa shape index (κ1) is 29.8. The maximum Gasteiger partial charge on any atom is 0.339 e. The van der Waals surface area contributed by atoms with Gasteiger partial charge in [-0.05, 0) is 61.7 Å². The maximum atomic E-state index is 13.2. The molecule has 0 aliphatic heterocycles. The van der Waals surface area contributed by atoms with Gasteiger partial charge in [-0.2, -0.15) is 8.42 Å². The second-order valence-electron chi connectivity index (χ2n) is 9.50. The number of carbonyl (C=O) groups is 1. The number of nitrogens with zero attached hydrogens (tertiary/aromatic N) is 1. The fourth-order valence-corrected chi connectivity index (χ4v) is 5.03. The highest BCUT2D eigenvalue weighted by Crippen LogP contribution is 2.22. The van der Waals surface area contributed by atoms with Crippen LogP contribution in [-0.2, 0) is 21.5 Å². The van der Waals surface area contributed by atoms with Gasteiger partial charge in [0, 0.05) is 19.0 Å². The number of unbranched alkanes of at least 4 members (excludes halogenated alkanes) is 8. The van der Waals surface area contributed by atoms with Crippen molar-refractivity contribution in [2.75, 3.05) is 0 Å². The highest BCUT2D eigenvalue weighted by atomic mass is 32.2. The molecule has 0 saturated carbocycles. The lowest BCUT2D eigenvalue weighted by molar-refractivity contribution is -0.134. The van der Waals surface area contributed by atoms with E-state index in [1.807, 2.05) is 17.9 Å². The standard InChI is InChI=1S/C29H42FNO4S/c1-4-6-7-8-9-10-11-12-13-17-29(32)31(24(3)5-2)23-25-15-14-16-27(22-25)35-36(33,34)28-20-18-26(30)19-21-28/h14-16,18-22,24H,4-13,17,23H2,1-3H3. The van der Waals surface area contributed by atoms with E-state index in [4.69, 9.17) is 4.18 Å². The Kier molecular flexibility index (Phi) is 13.0. The summed E-state index contributed by atoms with van der Waals surface area (Å²) in [6.07, 6.45) is 12.2. The molecule has 0 aliphatic rings. The van der Waals surface area contributed by atoms with E-state index in [-0.39, 0.29) is 22.6 Å². The summed E-state index contributed by atoms with van der Waals surface area (Å²) in [5.41, 5.74) is 0.794. The molecule has 36 heavy (non-hydrogen) atoms. The topological polar surface area (TPSA) is 63.7 Å². The van der Waals surface area contributed by atoms with Gasteiger partial charge in [0.1, 0.15) is 16.5 Å². The highest BCUT2D eigenvalue weighted by molar-refractivity contribution is 7.87. The van der Waals surface area contributed by atoms with Crippen LogP contribution in [-0.4, -0.2) is 25.3 Å². The van der Waals surface area contributed by atoms with Crippen LogP contribution in [0.15, 0.2) is 53.4 Å². The zero-order valence-corrected chi connectivity index (χ0v) is 22.9. The molecule has 0 spiro atoms. The molecule has 2 aromatic rings. The van der Waals surface area contributed by atoms with Crippen LogP contribution < -0.4 is 4.18 Å². The molecule has 0 fully saturated rings. The molecule has 200 valence electrons. The second-order valence-corrected chi connectivity index (χ2v) is 11.0. The molecule has 5 nitrogen and oxygen atoms in total. The van der Waals surface area contributed by atoms with Crippen LogP contribution in [0.4, 0.5) is 4.39 Å². The molecule has 0 N–H and O–H groups in total. The minimum Gasteiger partial charge on any atom is -0.379 e. The van der Waals surface area contributed by atoms with Crippen LogP contribution in [0.1, 0.15) is 97.0 Å². The highest BCUT2D eigenvalue weighted by Gasteiger charge is 2.20. The van der Waals surface area contributed by atoms with Crippen molar-refractivity contribution in [1.29, 1.82) is 0 Å². The van der Waals surface area contributed by atoms with Crippen molar-refractivity contribution >= 4 is 16.0 Å². The number of amides is 1. The normalized spacial score (nSPS) is 12.3. The van der Waals surface area contributed by atoms with Crippen molar-refractivity contribution in [2.24, 2.45) is 0 Å². The van der Waals surface area contributed by atoms with E-state index >= 15 is 0 Å². The molecule has 0 aliphatic carbocycles. The van der Waals surface area contributed by atoms with Crippen LogP contribution in [0.5, 0.6) is 5.75 Å². The third-order valence-electron chi connectivity index (χ3n) is 6.50. The van der Waals surface area contributed by atoms with Gasteiger partial charge >= 0.3 is 10.1 Å². The lowest BCUT2D eigenvalue weighted by atomic mass is 10.1. The fraction of sp³-hybridized carbons (Fsp3) is 0.552. The predicted molar refractivity (Wildman–Crippen MR) is 143 cm³/mol. The third-order valence-corrected chi connectivity index (χ3v) is 7.76. The van der Waals surface area contributed by atoms with Crippen molar-refractivity contribution in [3.05, 3.63) is 59.9 Å². The Morgan fingerprint density at radius 3 is 2.14 bits per heavy atom. The van der Waals surface area contributed by atoms with Crippen molar-refractivity contribution in [2.45, 2.75) is 109 Å². The van der Waals surface area contributed by atoms with E-state index in [0.29, 0.717) is 13.0 Å². The molecule has 2 aromatic carbocycles. The number of hydrogen-bond donors (Lipinski definition) is 0. The van der Waals surface area contributed by atoms with Crippen LogP contribution in [0.25, 0.3) is 0 Å². The largest absolute Gasteiger partial charge is 0.379 e. The maximum absolute atomic E-state index is 13.2. The van der Waals surface area contributed by atoms with Crippen LogP contribution in [0.2, 0.25) is 0 Å². The fourth-order valence-electron chi connectivity index (χ4n) is 4.11. The first-order chi connectivity index (χ1) is 17.3. The average molecular weight is 520 g/mol. The van der Waals surface area contributed by atoms with Gasteiger partial charge in [0.2, 0.25) is 5.91 Å². The van der Waals surface area contributed by atoms with E-state index in [2.05, 4.69) is 13.8 Å². The Morgan fingerprint density at radius 2 is 1.53 bits per heavy atom. The molecular formula is C29H42FNO4S. The Hall–Kier alpha value is -2.41. The molecule has 0 heterocycles. The van der Waals surface area contributed by atoms with Crippen molar-refractivity contribution in [1.82, 2.24) is 4.90 Å². The van der Waals surface area contributed by atoms with E-state index in [0.717, 1.165) is 37.0 Å². The summed E-state index contributed by atoms with van der Waals surface area (Å²) >= 11 is 0. The second kappa shape index (κ2) is 15.6. The summed E-state index contributed by atoms with van der Waals surface area (Å²) < 4.78 is 43.5. The minimum atomic E-state index is -4.09. The van der Waals surface area contributed by atoms with Crippen molar-refractivity contribution < 1.29 is 21.8 Å². The lowest BCUT2D eigenvalue weighted by Crippen LogP contribution is -2.37. The third kappa shape index (κ3) is 10.3. The van der Waals surface area contributed by atoms with Gasteiger partial charge in [-0.3, -0.25) is 4.79 Å². The zero-order chi connectivity index (χ0) is 26.4. The lowest BCUT2D eigenvalue weighted by Gasteiger charge is -2.29. The van der Waals surface area contributed by atoms with Crippen LogP contribution in [0, 0.1) is 5.82 Å². The number of rotatable bonds is 17. The van der Waals surface area contributed by atoms with E-state index < -0.39 is 15.9 Å². The van der Waals surface area contributed by atoms with Crippen molar-refractivity contribution in [3.8, 4) is 5.75 Å². The molecule has 0 aromatic heterocycles. The smallest absolute Gasteiger partial charge is 0.339 e. The molecule has 0 radical (unpaired) electrons. The van der Waals surface area contributed by atoms with Gasteiger partial charge in [-0.25, -0.2) is 4.39 Å². The molecule has 2 rings (SSSR count). The Bertz CT molecular complexity index is 1020. The Labute approximate surface area is 217 Å². The van der Waals surface area contributed by atoms with Crippen LogP contribution >= 0.6 is 0 Å². The van der Waals surface area contributed by atoms with E-state index in [1.54, 1.807) is 18.2 Å². The monoisotopic (exact) mass is 519 g/mol. The van der Waals surface area contributed by atoms with Gasteiger partial charge < -0.3 is 9.08 Å². The SMILES string of the molecule is CCCCCCCCCCCC(=O)N(Cc1cccc(OS(=O)(=O)c2ccc(F)cc2)c1)C(C)CC. The summed E-state index contributed by atoms with van der Waals surface area (Å²) in [6.45, 7) is 6.70. The van der Waals surface area contributed by atoms with Gasteiger partial charge in [0.15, 0.2) is 0 Å². The molecule has 0 saturated heterocycles. The molecular weight excluding hydrogens is 477 g/mol. The number of halogens is 1.